The molecule has 29 heavy (non-hydrogen) atoms. The summed E-state index contributed by atoms with van der Waals surface area (Å²) < 4.78 is 4.84. The highest BCUT2D eigenvalue weighted by molar-refractivity contribution is 7.17. The van der Waals surface area contributed by atoms with Gasteiger partial charge in [0.15, 0.2) is 5.82 Å². The summed E-state index contributed by atoms with van der Waals surface area (Å²) in [4.78, 5) is 25.1. The number of nitrogens with zero attached hydrogens (tertiary/aromatic N) is 3. The van der Waals surface area contributed by atoms with Crippen LogP contribution in [0.5, 0.6) is 0 Å². The van der Waals surface area contributed by atoms with Crippen molar-refractivity contribution in [3.05, 3.63) is 57.1 Å². The number of anilines is 1. The number of carbonyl (C=O) groups excluding carboxylic acids is 1. The van der Waals surface area contributed by atoms with Crippen LogP contribution in [0.2, 0.25) is 5.15 Å². The molecular formula is C20H19ClN4O2S2. The summed E-state index contributed by atoms with van der Waals surface area (Å²) >= 11 is 9.14. The molecule has 0 amide bonds. The SMILES string of the molecule is CCOC(=O)c1c(C)csc1N.Cc1csc2nc(-c3cccnc3)nc(Cl)c12. The second-order valence-electron chi connectivity index (χ2n) is 6.06. The lowest BCUT2D eigenvalue weighted by Crippen LogP contribution is -2.06. The van der Waals surface area contributed by atoms with Crippen LogP contribution in [-0.4, -0.2) is 27.5 Å². The summed E-state index contributed by atoms with van der Waals surface area (Å²) in [6.07, 6.45) is 3.46. The first kappa shape index (κ1) is 21.2. The first-order valence-corrected chi connectivity index (χ1v) is 10.9. The zero-order chi connectivity index (χ0) is 21.0. The van der Waals surface area contributed by atoms with Gasteiger partial charge in [-0.05, 0) is 54.8 Å². The number of ether oxygens (including phenoxy) is 1. The molecule has 0 atom stereocenters. The molecule has 0 radical (unpaired) electrons. The van der Waals surface area contributed by atoms with Crippen LogP contribution in [0.1, 0.15) is 28.4 Å². The Hall–Kier alpha value is -2.55. The predicted octanol–water partition coefficient (Wildman–Crippen LogP) is 5.53. The Balaban J connectivity index is 0.000000177. The fourth-order valence-corrected chi connectivity index (χ4v) is 4.67. The van der Waals surface area contributed by atoms with Crippen LogP contribution in [0.4, 0.5) is 5.00 Å². The lowest BCUT2D eigenvalue weighted by molar-refractivity contribution is 0.0527. The third kappa shape index (κ3) is 4.72. The number of aryl methyl sites for hydroxylation is 2. The van der Waals surface area contributed by atoms with Gasteiger partial charge in [0.05, 0.1) is 17.6 Å². The first-order chi connectivity index (χ1) is 13.9. The molecule has 4 rings (SSSR count). The van der Waals surface area contributed by atoms with Crippen LogP contribution in [-0.2, 0) is 4.74 Å². The number of carbonyl (C=O) groups is 1. The Morgan fingerprint density at radius 1 is 1.21 bits per heavy atom. The minimum atomic E-state index is -0.325. The van der Waals surface area contributed by atoms with Crippen molar-refractivity contribution < 1.29 is 9.53 Å². The molecule has 9 heteroatoms. The van der Waals surface area contributed by atoms with E-state index < -0.39 is 0 Å². The van der Waals surface area contributed by atoms with E-state index in [4.69, 9.17) is 22.1 Å². The normalized spacial score (nSPS) is 10.5. The van der Waals surface area contributed by atoms with E-state index in [1.165, 1.54) is 11.3 Å². The number of nitrogens with two attached hydrogens (primary N) is 1. The number of pyridine rings is 1. The highest BCUT2D eigenvalue weighted by Crippen LogP contribution is 2.31. The molecule has 0 saturated carbocycles. The fourth-order valence-electron chi connectivity index (χ4n) is 2.59. The lowest BCUT2D eigenvalue weighted by Gasteiger charge is -2.01. The van der Waals surface area contributed by atoms with E-state index in [1.807, 2.05) is 36.7 Å². The van der Waals surface area contributed by atoms with Gasteiger partial charge in [0.2, 0.25) is 0 Å². The third-order valence-electron chi connectivity index (χ3n) is 3.98. The highest BCUT2D eigenvalue weighted by atomic mass is 35.5. The van der Waals surface area contributed by atoms with E-state index in [1.54, 1.807) is 30.7 Å². The van der Waals surface area contributed by atoms with Gasteiger partial charge in [-0.2, -0.15) is 0 Å². The van der Waals surface area contributed by atoms with E-state index >= 15 is 0 Å². The Morgan fingerprint density at radius 2 is 1.97 bits per heavy atom. The maximum absolute atomic E-state index is 11.3. The Kier molecular flexibility index (Phi) is 6.79. The van der Waals surface area contributed by atoms with Crippen LogP contribution in [0.15, 0.2) is 35.3 Å². The minimum absolute atomic E-state index is 0.325. The molecule has 2 N–H and O–H groups in total. The van der Waals surface area contributed by atoms with E-state index in [9.17, 15) is 4.79 Å². The molecular weight excluding hydrogens is 428 g/mol. The van der Waals surface area contributed by atoms with Gasteiger partial charge in [-0.15, -0.1) is 22.7 Å². The molecule has 0 fully saturated rings. The minimum Gasteiger partial charge on any atom is -0.462 e. The van der Waals surface area contributed by atoms with Crippen molar-refractivity contribution >= 4 is 55.5 Å². The second kappa shape index (κ2) is 9.30. The molecule has 0 unspecified atom stereocenters. The zero-order valence-corrected chi connectivity index (χ0v) is 18.5. The van der Waals surface area contributed by atoms with Crippen molar-refractivity contribution in [2.24, 2.45) is 0 Å². The molecule has 0 aliphatic rings. The second-order valence-corrected chi connectivity index (χ2v) is 8.18. The van der Waals surface area contributed by atoms with Gasteiger partial charge >= 0.3 is 5.97 Å². The molecule has 4 heterocycles. The Labute approximate surface area is 181 Å². The lowest BCUT2D eigenvalue weighted by atomic mass is 10.2. The third-order valence-corrected chi connectivity index (χ3v) is 6.17. The highest BCUT2D eigenvalue weighted by Gasteiger charge is 2.15. The van der Waals surface area contributed by atoms with E-state index in [0.717, 1.165) is 26.9 Å². The summed E-state index contributed by atoms with van der Waals surface area (Å²) in [5, 5.41) is 5.88. The number of hydrogen-bond donors (Lipinski definition) is 1. The summed E-state index contributed by atoms with van der Waals surface area (Å²) in [5.74, 6) is 0.297. The molecule has 150 valence electrons. The Bertz CT molecular complexity index is 1120. The van der Waals surface area contributed by atoms with Crippen molar-refractivity contribution in [3.8, 4) is 11.4 Å². The van der Waals surface area contributed by atoms with Crippen molar-refractivity contribution in [3.63, 3.8) is 0 Å². The summed E-state index contributed by atoms with van der Waals surface area (Å²) in [5.41, 5.74) is 8.99. The molecule has 0 aromatic carbocycles. The van der Waals surface area contributed by atoms with Crippen molar-refractivity contribution in [2.75, 3.05) is 12.3 Å². The number of thiophene rings is 2. The predicted molar refractivity (Wildman–Crippen MR) is 120 cm³/mol. The zero-order valence-electron chi connectivity index (χ0n) is 16.1. The molecule has 0 aliphatic heterocycles. The fraction of sp³-hybridized carbons (Fsp3) is 0.200. The number of nitrogen functional groups attached to an aromatic ring is 1. The quantitative estimate of drug-likeness (QED) is 0.328. The van der Waals surface area contributed by atoms with Gasteiger partial charge in [-0.25, -0.2) is 14.8 Å². The van der Waals surface area contributed by atoms with Gasteiger partial charge < -0.3 is 10.5 Å². The molecule has 4 aromatic rings. The molecule has 6 nitrogen and oxygen atoms in total. The van der Waals surface area contributed by atoms with Gasteiger partial charge in [0, 0.05) is 18.0 Å². The van der Waals surface area contributed by atoms with Crippen molar-refractivity contribution in [2.45, 2.75) is 20.8 Å². The number of rotatable bonds is 3. The van der Waals surface area contributed by atoms with Gasteiger partial charge in [-0.1, -0.05) is 11.6 Å². The maximum atomic E-state index is 11.3. The number of aromatic nitrogens is 3. The number of esters is 1. The summed E-state index contributed by atoms with van der Waals surface area (Å²) in [6, 6.07) is 3.78. The van der Waals surface area contributed by atoms with Crippen LogP contribution >= 0.6 is 34.3 Å². The Morgan fingerprint density at radius 3 is 2.59 bits per heavy atom. The van der Waals surface area contributed by atoms with Gasteiger partial charge in [-0.3, -0.25) is 4.98 Å². The van der Waals surface area contributed by atoms with Crippen molar-refractivity contribution in [1.29, 1.82) is 0 Å². The average molecular weight is 447 g/mol. The van der Waals surface area contributed by atoms with Gasteiger partial charge in [0.1, 0.15) is 15.0 Å². The van der Waals surface area contributed by atoms with E-state index in [0.29, 0.717) is 28.1 Å². The van der Waals surface area contributed by atoms with Crippen LogP contribution < -0.4 is 5.73 Å². The van der Waals surface area contributed by atoms with Gasteiger partial charge in [0.25, 0.3) is 0 Å². The molecule has 0 saturated heterocycles. The van der Waals surface area contributed by atoms with E-state index in [-0.39, 0.29) is 5.97 Å². The van der Waals surface area contributed by atoms with Crippen LogP contribution in [0, 0.1) is 13.8 Å². The van der Waals surface area contributed by atoms with Crippen LogP contribution in [0.3, 0.4) is 0 Å². The smallest absolute Gasteiger partial charge is 0.341 e. The number of halogens is 1. The average Bonchev–Trinajstić information content (AvgIpc) is 3.25. The number of hydrogen-bond acceptors (Lipinski definition) is 8. The molecule has 0 bridgehead atoms. The maximum Gasteiger partial charge on any atom is 0.341 e. The molecule has 4 aromatic heterocycles. The molecule has 0 aliphatic carbocycles. The first-order valence-electron chi connectivity index (χ1n) is 8.74. The monoisotopic (exact) mass is 446 g/mol. The molecule has 0 spiro atoms. The van der Waals surface area contributed by atoms with E-state index in [2.05, 4.69) is 15.0 Å². The number of fused-ring (bicyclic) bond motifs is 1. The summed E-state index contributed by atoms with van der Waals surface area (Å²) in [7, 11) is 0. The van der Waals surface area contributed by atoms with Crippen LogP contribution in [0.25, 0.3) is 21.6 Å². The largest absolute Gasteiger partial charge is 0.462 e. The van der Waals surface area contributed by atoms with Crippen molar-refractivity contribution in [1.82, 2.24) is 15.0 Å². The standard InChI is InChI=1S/C12H8ClN3S.C8H11NO2S/c1-7-6-17-12-9(7)10(13)15-11(16-12)8-3-2-4-14-5-8;1-3-11-8(10)6-5(2)4-12-7(6)9/h2-6H,1H3;4H,3,9H2,1-2H3. The topological polar surface area (TPSA) is 91.0 Å². The summed E-state index contributed by atoms with van der Waals surface area (Å²) in [6.45, 7) is 6.01.